The van der Waals surface area contributed by atoms with Crippen molar-refractivity contribution in [3.8, 4) is 0 Å². The van der Waals surface area contributed by atoms with Gasteiger partial charge in [-0.1, -0.05) is 12.7 Å². The molecule has 0 amide bonds. The summed E-state index contributed by atoms with van der Waals surface area (Å²) in [7, 11) is 0. The SMILES string of the molecule is C=CC(C)(OCC)C(F)(F)F. The first-order valence-corrected chi connectivity index (χ1v) is 3.21. The van der Waals surface area contributed by atoms with E-state index in [0.717, 1.165) is 13.0 Å². The Balaban J connectivity index is 4.46. The normalized spacial score (nSPS) is 17.5. The largest absolute Gasteiger partial charge is 0.420 e. The van der Waals surface area contributed by atoms with Gasteiger partial charge in [-0.25, -0.2) is 0 Å². The summed E-state index contributed by atoms with van der Waals surface area (Å²) in [4.78, 5) is 0. The molecule has 4 heteroatoms. The summed E-state index contributed by atoms with van der Waals surface area (Å²) in [6.45, 7) is 5.54. The highest BCUT2D eigenvalue weighted by atomic mass is 19.4. The molecule has 0 aliphatic rings. The maximum absolute atomic E-state index is 12.1. The molecule has 0 bridgehead atoms. The zero-order chi connectivity index (χ0) is 9.12. The summed E-state index contributed by atoms with van der Waals surface area (Å²) in [5.41, 5.74) is -2.21. The lowest BCUT2D eigenvalue weighted by Gasteiger charge is -2.27. The van der Waals surface area contributed by atoms with Crippen molar-refractivity contribution < 1.29 is 17.9 Å². The van der Waals surface area contributed by atoms with Crippen LogP contribution in [0, 0.1) is 0 Å². The average Bonchev–Trinajstić information content (AvgIpc) is 1.86. The van der Waals surface area contributed by atoms with Crippen molar-refractivity contribution in [2.75, 3.05) is 6.61 Å². The summed E-state index contributed by atoms with van der Waals surface area (Å²) >= 11 is 0. The van der Waals surface area contributed by atoms with E-state index in [-0.39, 0.29) is 6.61 Å². The van der Waals surface area contributed by atoms with Gasteiger partial charge in [-0.2, -0.15) is 13.2 Å². The summed E-state index contributed by atoms with van der Waals surface area (Å²) in [5, 5.41) is 0. The first kappa shape index (κ1) is 10.5. The third kappa shape index (κ3) is 2.22. The van der Waals surface area contributed by atoms with Crippen molar-refractivity contribution in [3.63, 3.8) is 0 Å². The second-order valence-corrected chi connectivity index (χ2v) is 2.24. The lowest BCUT2D eigenvalue weighted by molar-refractivity contribution is -0.249. The van der Waals surface area contributed by atoms with Crippen LogP contribution in [0.1, 0.15) is 13.8 Å². The molecule has 0 rings (SSSR count). The molecule has 0 heterocycles. The number of halogens is 3. The quantitative estimate of drug-likeness (QED) is 0.588. The molecular weight excluding hydrogens is 157 g/mol. The molecule has 0 N–H and O–H groups in total. The first-order chi connectivity index (χ1) is 4.87. The average molecular weight is 168 g/mol. The van der Waals surface area contributed by atoms with Crippen molar-refractivity contribution >= 4 is 0 Å². The maximum Gasteiger partial charge on any atom is 0.420 e. The van der Waals surface area contributed by atoms with Crippen LogP contribution in [0.4, 0.5) is 13.2 Å². The minimum absolute atomic E-state index is 0.0159. The van der Waals surface area contributed by atoms with Gasteiger partial charge in [0.25, 0.3) is 0 Å². The molecule has 0 aromatic heterocycles. The van der Waals surface area contributed by atoms with Gasteiger partial charge in [0.1, 0.15) is 0 Å². The lowest BCUT2D eigenvalue weighted by atomic mass is 10.1. The molecule has 66 valence electrons. The van der Waals surface area contributed by atoms with Crippen LogP contribution in [0.15, 0.2) is 12.7 Å². The zero-order valence-corrected chi connectivity index (χ0v) is 6.53. The van der Waals surface area contributed by atoms with E-state index in [1.807, 2.05) is 0 Å². The van der Waals surface area contributed by atoms with E-state index in [2.05, 4.69) is 11.3 Å². The fourth-order valence-electron chi connectivity index (χ4n) is 0.556. The van der Waals surface area contributed by atoms with Crippen LogP contribution in [-0.2, 0) is 4.74 Å². The van der Waals surface area contributed by atoms with E-state index >= 15 is 0 Å². The molecule has 1 unspecified atom stereocenters. The summed E-state index contributed by atoms with van der Waals surface area (Å²) < 4.78 is 40.8. The topological polar surface area (TPSA) is 9.23 Å². The predicted molar refractivity (Wildman–Crippen MR) is 36.3 cm³/mol. The Bertz CT molecular complexity index is 141. The highest BCUT2D eigenvalue weighted by Gasteiger charge is 2.49. The standard InChI is InChI=1S/C7H11F3O/c1-4-6(3,11-5-2)7(8,9)10/h4H,1,5H2,2-3H3. The van der Waals surface area contributed by atoms with Crippen molar-refractivity contribution in [2.45, 2.75) is 25.6 Å². The van der Waals surface area contributed by atoms with E-state index in [9.17, 15) is 13.2 Å². The van der Waals surface area contributed by atoms with Gasteiger partial charge in [-0.15, -0.1) is 0 Å². The fraction of sp³-hybridized carbons (Fsp3) is 0.714. The van der Waals surface area contributed by atoms with Crippen LogP contribution in [0.3, 0.4) is 0 Å². The maximum atomic E-state index is 12.1. The Morgan fingerprint density at radius 2 is 1.91 bits per heavy atom. The number of hydrogen-bond acceptors (Lipinski definition) is 1. The van der Waals surface area contributed by atoms with Crippen LogP contribution in [0.25, 0.3) is 0 Å². The van der Waals surface area contributed by atoms with Crippen molar-refractivity contribution in [1.29, 1.82) is 0 Å². The van der Waals surface area contributed by atoms with Crippen molar-refractivity contribution in [3.05, 3.63) is 12.7 Å². The van der Waals surface area contributed by atoms with Gasteiger partial charge in [0.2, 0.25) is 0 Å². The summed E-state index contributed by atoms with van der Waals surface area (Å²) in [6, 6.07) is 0. The van der Waals surface area contributed by atoms with Crippen LogP contribution in [0.5, 0.6) is 0 Å². The predicted octanol–water partition coefficient (Wildman–Crippen LogP) is 2.53. The molecule has 0 aliphatic carbocycles. The molecule has 0 radical (unpaired) electrons. The molecule has 1 nitrogen and oxygen atoms in total. The fourth-order valence-corrected chi connectivity index (χ4v) is 0.556. The van der Waals surface area contributed by atoms with E-state index in [4.69, 9.17) is 0 Å². The number of hydrogen-bond donors (Lipinski definition) is 0. The van der Waals surface area contributed by atoms with E-state index in [0.29, 0.717) is 0 Å². The molecule has 0 aliphatic heterocycles. The number of ether oxygens (including phenoxy) is 1. The van der Waals surface area contributed by atoms with E-state index < -0.39 is 11.8 Å². The first-order valence-electron chi connectivity index (χ1n) is 3.21. The van der Waals surface area contributed by atoms with E-state index in [1.165, 1.54) is 6.92 Å². The Morgan fingerprint density at radius 1 is 1.45 bits per heavy atom. The molecule has 0 aromatic carbocycles. The van der Waals surface area contributed by atoms with Crippen LogP contribution in [0.2, 0.25) is 0 Å². The molecule has 1 atom stereocenters. The Kier molecular flexibility index (Phi) is 3.11. The minimum atomic E-state index is -4.38. The molecule has 0 fully saturated rings. The van der Waals surface area contributed by atoms with Crippen molar-refractivity contribution in [1.82, 2.24) is 0 Å². The van der Waals surface area contributed by atoms with Crippen molar-refractivity contribution in [2.24, 2.45) is 0 Å². The molecular formula is C7H11F3O. The lowest BCUT2D eigenvalue weighted by Crippen LogP contribution is -2.42. The van der Waals surface area contributed by atoms with E-state index in [1.54, 1.807) is 0 Å². The molecule has 0 spiro atoms. The molecule has 0 saturated heterocycles. The summed E-state index contributed by atoms with van der Waals surface area (Å²) in [5.74, 6) is 0. The third-order valence-corrected chi connectivity index (χ3v) is 1.40. The highest BCUT2D eigenvalue weighted by Crippen LogP contribution is 2.33. The monoisotopic (exact) mass is 168 g/mol. The molecule has 0 aromatic rings. The van der Waals surface area contributed by atoms with Gasteiger partial charge in [0, 0.05) is 6.61 Å². The van der Waals surface area contributed by atoms with Crippen LogP contribution >= 0.6 is 0 Å². The van der Waals surface area contributed by atoms with Gasteiger partial charge in [-0.05, 0) is 13.8 Å². The smallest absolute Gasteiger partial charge is 0.362 e. The Labute approximate surface area is 63.8 Å². The second-order valence-electron chi connectivity index (χ2n) is 2.24. The van der Waals surface area contributed by atoms with Gasteiger partial charge in [-0.3, -0.25) is 0 Å². The second kappa shape index (κ2) is 3.26. The minimum Gasteiger partial charge on any atom is -0.362 e. The molecule has 0 saturated carbocycles. The van der Waals surface area contributed by atoms with Crippen LogP contribution in [-0.4, -0.2) is 18.4 Å². The number of alkyl halides is 3. The van der Waals surface area contributed by atoms with Gasteiger partial charge < -0.3 is 4.74 Å². The van der Waals surface area contributed by atoms with Gasteiger partial charge >= 0.3 is 6.18 Å². The number of rotatable bonds is 3. The highest BCUT2D eigenvalue weighted by molar-refractivity contribution is 4.99. The van der Waals surface area contributed by atoms with Gasteiger partial charge in [0.15, 0.2) is 5.60 Å². The molecule has 11 heavy (non-hydrogen) atoms. The third-order valence-electron chi connectivity index (χ3n) is 1.40. The Morgan fingerprint density at radius 3 is 2.00 bits per heavy atom. The zero-order valence-electron chi connectivity index (χ0n) is 6.53. The van der Waals surface area contributed by atoms with Crippen LogP contribution < -0.4 is 0 Å². The Hall–Kier alpha value is -0.510. The van der Waals surface area contributed by atoms with Gasteiger partial charge in [0.05, 0.1) is 0 Å². The summed E-state index contributed by atoms with van der Waals surface area (Å²) in [6.07, 6.45) is -3.62.